The standard InChI is InChI=1S/C13H15ClN2O3/c14-8-5-6-11(15-7-8)16-12(17)9-3-1-2-4-10(9)13(18)19/h5-7,9-10H,1-4H2,(H,18,19)(H,15,16,17)/p-1/t9-,10+/m0/s1. The van der Waals surface area contributed by atoms with Crippen LogP contribution in [0.25, 0.3) is 0 Å². The number of aromatic nitrogens is 1. The molecule has 2 atom stereocenters. The molecule has 0 aromatic carbocycles. The molecular weight excluding hydrogens is 268 g/mol. The number of carbonyl (C=O) groups is 2. The third kappa shape index (κ3) is 3.44. The highest BCUT2D eigenvalue weighted by Crippen LogP contribution is 2.30. The number of halogens is 1. The minimum atomic E-state index is -1.15. The molecule has 1 aliphatic carbocycles. The minimum absolute atomic E-state index is 0.316. The van der Waals surface area contributed by atoms with Crippen LogP contribution in [0.4, 0.5) is 5.82 Å². The molecule has 1 saturated carbocycles. The van der Waals surface area contributed by atoms with Crippen molar-refractivity contribution in [2.45, 2.75) is 25.7 Å². The molecule has 0 bridgehead atoms. The molecule has 0 aliphatic heterocycles. The lowest BCUT2D eigenvalue weighted by molar-refractivity contribution is -0.313. The number of amides is 1. The minimum Gasteiger partial charge on any atom is -0.550 e. The van der Waals surface area contributed by atoms with Crippen LogP contribution in [0.5, 0.6) is 0 Å². The zero-order valence-electron chi connectivity index (χ0n) is 10.3. The molecule has 6 heteroatoms. The van der Waals surface area contributed by atoms with Gasteiger partial charge in [0, 0.05) is 24.0 Å². The fraction of sp³-hybridized carbons (Fsp3) is 0.462. The quantitative estimate of drug-likeness (QED) is 0.903. The van der Waals surface area contributed by atoms with Gasteiger partial charge in [-0.25, -0.2) is 4.98 Å². The Balaban J connectivity index is 2.05. The summed E-state index contributed by atoms with van der Waals surface area (Å²) in [6.45, 7) is 0. The maximum Gasteiger partial charge on any atom is 0.229 e. The van der Waals surface area contributed by atoms with Crippen LogP contribution in [0.2, 0.25) is 5.02 Å². The molecule has 1 amide bonds. The molecular formula is C13H14ClN2O3-. The molecule has 2 rings (SSSR count). The van der Waals surface area contributed by atoms with Gasteiger partial charge >= 0.3 is 0 Å². The molecule has 19 heavy (non-hydrogen) atoms. The lowest BCUT2D eigenvalue weighted by Gasteiger charge is -2.30. The van der Waals surface area contributed by atoms with E-state index in [0.717, 1.165) is 12.8 Å². The Morgan fingerprint density at radius 3 is 2.53 bits per heavy atom. The maximum atomic E-state index is 12.1. The Labute approximate surface area is 116 Å². The normalized spacial score (nSPS) is 22.8. The van der Waals surface area contributed by atoms with E-state index in [1.807, 2.05) is 0 Å². The third-order valence-electron chi connectivity index (χ3n) is 3.38. The van der Waals surface area contributed by atoms with Crippen LogP contribution in [-0.4, -0.2) is 16.9 Å². The number of carboxylic acids is 1. The van der Waals surface area contributed by atoms with E-state index in [-0.39, 0.29) is 5.91 Å². The van der Waals surface area contributed by atoms with E-state index in [1.165, 1.54) is 6.20 Å². The first-order chi connectivity index (χ1) is 9.08. The molecule has 0 unspecified atom stereocenters. The first-order valence-corrected chi connectivity index (χ1v) is 6.59. The van der Waals surface area contributed by atoms with E-state index in [2.05, 4.69) is 10.3 Å². The lowest BCUT2D eigenvalue weighted by Crippen LogP contribution is -2.42. The predicted octanol–water partition coefficient (Wildman–Crippen LogP) is 1.23. The maximum absolute atomic E-state index is 12.1. The van der Waals surface area contributed by atoms with Crippen molar-refractivity contribution in [2.75, 3.05) is 5.32 Å². The van der Waals surface area contributed by atoms with Crippen molar-refractivity contribution in [3.05, 3.63) is 23.4 Å². The number of hydrogen-bond acceptors (Lipinski definition) is 4. The predicted molar refractivity (Wildman–Crippen MR) is 68.3 cm³/mol. The first-order valence-electron chi connectivity index (χ1n) is 6.21. The second kappa shape index (κ2) is 6.02. The molecule has 102 valence electrons. The van der Waals surface area contributed by atoms with Crippen molar-refractivity contribution < 1.29 is 14.7 Å². The average molecular weight is 282 g/mol. The molecule has 1 fully saturated rings. The zero-order chi connectivity index (χ0) is 13.8. The number of nitrogens with zero attached hydrogens (tertiary/aromatic N) is 1. The van der Waals surface area contributed by atoms with Gasteiger partial charge in [-0.3, -0.25) is 4.79 Å². The summed E-state index contributed by atoms with van der Waals surface area (Å²) in [6.07, 6.45) is 4.17. The van der Waals surface area contributed by atoms with Crippen molar-refractivity contribution in [1.82, 2.24) is 4.98 Å². The highest BCUT2D eigenvalue weighted by Gasteiger charge is 2.31. The van der Waals surface area contributed by atoms with E-state index in [1.54, 1.807) is 12.1 Å². The van der Waals surface area contributed by atoms with Crippen LogP contribution in [0, 0.1) is 11.8 Å². The van der Waals surface area contributed by atoms with Crippen molar-refractivity contribution >= 4 is 29.3 Å². The molecule has 1 heterocycles. The lowest BCUT2D eigenvalue weighted by atomic mass is 9.79. The highest BCUT2D eigenvalue weighted by atomic mass is 35.5. The Hall–Kier alpha value is -1.62. The first kappa shape index (κ1) is 13.8. The molecule has 1 aromatic rings. The van der Waals surface area contributed by atoms with Gasteiger partial charge in [0.1, 0.15) is 5.82 Å². The van der Waals surface area contributed by atoms with Gasteiger partial charge in [-0.15, -0.1) is 0 Å². The van der Waals surface area contributed by atoms with Gasteiger partial charge in [-0.2, -0.15) is 0 Å². The van der Waals surface area contributed by atoms with Crippen LogP contribution in [0.1, 0.15) is 25.7 Å². The van der Waals surface area contributed by atoms with Crippen LogP contribution in [-0.2, 0) is 9.59 Å². The van der Waals surface area contributed by atoms with E-state index in [4.69, 9.17) is 11.6 Å². The Kier molecular flexibility index (Phi) is 4.37. The summed E-state index contributed by atoms with van der Waals surface area (Å²) in [4.78, 5) is 27.1. The van der Waals surface area contributed by atoms with Crippen LogP contribution in [0.15, 0.2) is 18.3 Å². The third-order valence-corrected chi connectivity index (χ3v) is 3.61. The molecule has 0 spiro atoms. The fourth-order valence-corrected chi connectivity index (χ4v) is 2.51. The van der Waals surface area contributed by atoms with Gasteiger partial charge in [-0.05, 0) is 25.0 Å². The van der Waals surface area contributed by atoms with E-state index in [0.29, 0.717) is 23.7 Å². The second-order valence-electron chi connectivity index (χ2n) is 4.67. The van der Waals surface area contributed by atoms with Gasteiger partial charge in [0.25, 0.3) is 0 Å². The SMILES string of the molecule is O=C(Nc1ccc(Cl)cn1)[C@H]1CCCC[C@H]1C(=O)[O-]. The molecule has 1 N–H and O–H groups in total. The van der Waals surface area contributed by atoms with Crippen molar-refractivity contribution in [3.63, 3.8) is 0 Å². The summed E-state index contributed by atoms with van der Waals surface area (Å²) in [6, 6.07) is 3.19. The molecule has 5 nitrogen and oxygen atoms in total. The number of carboxylic acid groups (broad SMARTS) is 1. The van der Waals surface area contributed by atoms with Crippen molar-refractivity contribution in [1.29, 1.82) is 0 Å². The van der Waals surface area contributed by atoms with Gasteiger partial charge < -0.3 is 15.2 Å². The smallest absolute Gasteiger partial charge is 0.229 e. The van der Waals surface area contributed by atoms with Gasteiger partial charge in [0.2, 0.25) is 5.91 Å². The van der Waals surface area contributed by atoms with E-state index in [9.17, 15) is 14.7 Å². The number of carbonyl (C=O) groups excluding carboxylic acids is 2. The summed E-state index contributed by atoms with van der Waals surface area (Å²) in [5.41, 5.74) is 0. The summed E-state index contributed by atoms with van der Waals surface area (Å²) in [5.74, 6) is -2.35. The molecule has 0 radical (unpaired) electrons. The summed E-state index contributed by atoms with van der Waals surface area (Å²) in [7, 11) is 0. The van der Waals surface area contributed by atoms with Gasteiger partial charge in [0.15, 0.2) is 0 Å². The summed E-state index contributed by atoms with van der Waals surface area (Å²) in [5, 5.41) is 14.1. The number of aliphatic carboxylic acids is 1. The van der Waals surface area contributed by atoms with Crippen molar-refractivity contribution in [3.8, 4) is 0 Å². The molecule has 0 saturated heterocycles. The number of nitrogens with one attached hydrogen (secondary N) is 1. The Morgan fingerprint density at radius 2 is 1.95 bits per heavy atom. The zero-order valence-corrected chi connectivity index (χ0v) is 11.0. The van der Waals surface area contributed by atoms with Gasteiger partial charge in [0.05, 0.1) is 5.02 Å². The summed E-state index contributed by atoms with van der Waals surface area (Å²) >= 11 is 5.70. The Morgan fingerprint density at radius 1 is 1.26 bits per heavy atom. The van der Waals surface area contributed by atoms with E-state index < -0.39 is 17.8 Å². The van der Waals surface area contributed by atoms with Crippen LogP contribution < -0.4 is 10.4 Å². The number of pyridine rings is 1. The van der Waals surface area contributed by atoms with Gasteiger partial charge in [-0.1, -0.05) is 24.4 Å². The van der Waals surface area contributed by atoms with Crippen LogP contribution >= 0.6 is 11.6 Å². The number of hydrogen-bond donors (Lipinski definition) is 1. The van der Waals surface area contributed by atoms with Crippen molar-refractivity contribution in [2.24, 2.45) is 11.8 Å². The molecule has 1 aliphatic rings. The highest BCUT2D eigenvalue weighted by molar-refractivity contribution is 6.30. The largest absolute Gasteiger partial charge is 0.550 e. The number of rotatable bonds is 3. The van der Waals surface area contributed by atoms with E-state index >= 15 is 0 Å². The number of anilines is 1. The average Bonchev–Trinajstić information content (AvgIpc) is 2.41. The topological polar surface area (TPSA) is 82.1 Å². The monoisotopic (exact) mass is 281 g/mol. The Bertz CT molecular complexity index is 475. The van der Waals surface area contributed by atoms with Crippen LogP contribution in [0.3, 0.4) is 0 Å². The summed E-state index contributed by atoms with van der Waals surface area (Å²) < 4.78 is 0. The second-order valence-corrected chi connectivity index (χ2v) is 5.10. The fourth-order valence-electron chi connectivity index (χ4n) is 2.40. The molecule has 1 aromatic heterocycles.